The Labute approximate surface area is 179 Å². The van der Waals surface area contributed by atoms with Crippen molar-refractivity contribution in [3.63, 3.8) is 0 Å². The minimum absolute atomic E-state index is 0.0132. The summed E-state index contributed by atoms with van der Waals surface area (Å²) in [4.78, 5) is 6.82. The average molecular weight is 448 g/mol. The van der Waals surface area contributed by atoms with Crippen LogP contribution in [0.5, 0.6) is 0 Å². The smallest absolute Gasteiger partial charge is 0.238 e. The predicted molar refractivity (Wildman–Crippen MR) is 112 cm³/mol. The van der Waals surface area contributed by atoms with Crippen molar-refractivity contribution in [1.29, 1.82) is 0 Å². The molecule has 4 rings (SSSR count). The van der Waals surface area contributed by atoms with Crippen molar-refractivity contribution < 1.29 is 17.2 Å². The standard InChI is InChI=1S/C21H23F2N5O2S/c22-16-10-15(11-17(23)13-16)12-21-25-20(14-27-8-2-1-3-9-27)26-28(21)18-4-6-19(7-5-18)31(24,29)30/h1-2,4-7,10,13,17H,3,8-9,11-12,14H2,(H2,24,29,30). The molecular weight excluding hydrogens is 424 g/mol. The highest BCUT2D eigenvalue weighted by Gasteiger charge is 2.20. The molecule has 31 heavy (non-hydrogen) atoms. The van der Waals surface area contributed by atoms with Crippen molar-refractivity contribution in [3.05, 3.63) is 71.6 Å². The van der Waals surface area contributed by atoms with E-state index in [-0.39, 0.29) is 17.7 Å². The normalized spacial score (nSPS) is 19.9. The van der Waals surface area contributed by atoms with Crippen LogP contribution in [0.3, 0.4) is 0 Å². The highest BCUT2D eigenvalue weighted by atomic mass is 32.2. The highest BCUT2D eigenvalue weighted by molar-refractivity contribution is 7.89. The molecule has 0 saturated carbocycles. The Balaban J connectivity index is 1.66. The Morgan fingerprint density at radius 2 is 1.97 bits per heavy atom. The van der Waals surface area contributed by atoms with E-state index in [0.29, 0.717) is 29.5 Å². The van der Waals surface area contributed by atoms with Crippen LogP contribution >= 0.6 is 0 Å². The van der Waals surface area contributed by atoms with Gasteiger partial charge < -0.3 is 0 Å². The summed E-state index contributed by atoms with van der Waals surface area (Å²) in [5, 5.41) is 9.78. The van der Waals surface area contributed by atoms with Crippen molar-refractivity contribution in [2.75, 3.05) is 13.1 Å². The Hall–Kier alpha value is -2.69. The molecule has 2 aliphatic rings. The molecule has 0 spiro atoms. The van der Waals surface area contributed by atoms with Crippen molar-refractivity contribution in [2.45, 2.75) is 36.9 Å². The van der Waals surface area contributed by atoms with E-state index < -0.39 is 22.0 Å². The maximum atomic E-state index is 13.8. The van der Waals surface area contributed by atoms with Crippen LogP contribution in [0, 0.1) is 0 Å². The topological polar surface area (TPSA) is 94.1 Å². The van der Waals surface area contributed by atoms with E-state index >= 15 is 0 Å². The maximum Gasteiger partial charge on any atom is 0.238 e. The SMILES string of the molecule is NS(=O)(=O)c1ccc(-n2nc(CN3CC=CCC3)nc2CC2=CC(F)=CC(F)C2)cc1. The van der Waals surface area contributed by atoms with E-state index in [9.17, 15) is 17.2 Å². The van der Waals surface area contributed by atoms with Gasteiger partial charge in [0.25, 0.3) is 0 Å². The summed E-state index contributed by atoms with van der Waals surface area (Å²) in [5.41, 5.74) is 1.17. The molecule has 0 fully saturated rings. The molecule has 1 aliphatic carbocycles. The van der Waals surface area contributed by atoms with Crippen LogP contribution in [0.15, 0.2) is 64.9 Å². The molecule has 2 N–H and O–H groups in total. The Kier molecular flexibility index (Phi) is 6.12. The fourth-order valence-electron chi connectivity index (χ4n) is 3.70. The molecular formula is C21H23F2N5O2S. The van der Waals surface area contributed by atoms with E-state index in [4.69, 9.17) is 5.14 Å². The lowest BCUT2D eigenvalue weighted by Gasteiger charge is -2.20. The molecule has 0 amide bonds. The number of aromatic nitrogens is 3. The van der Waals surface area contributed by atoms with Crippen LogP contribution in [0.1, 0.15) is 24.5 Å². The molecule has 1 aliphatic heterocycles. The second-order valence-electron chi connectivity index (χ2n) is 7.64. The lowest BCUT2D eigenvalue weighted by Crippen LogP contribution is -2.27. The van der Waals surface area contributed by atoms with Crippen molar-refractivity contribution in [3.8, 4) is 5.69 Å². The van der Waals surface area contributed by atoms with Gasteiger partial charge in [-0.3, -0.25) is 4.90 Å². The summed E-state index contributed by atoms with van der Waals surface area (Å²) >= 11 is 0. The van der Waals surface area contributed by atoms with Gasteiger partial charge >= 0.3 is 0 Å². The fraction of sp³-hybridized carbons (Fsp3) is 0.333. The van der Waals surface area contributed by atoms with Crippen molar-refractivity contribution in [2.24, 2.45) is 5.14 Å². The zero-order valence-corrected chi connectivity index (χ0v) is 17.6. The zero-order chi connectivity index (χ0) is 22.0. The molecule has 0 radical (unpaired) electrons. The predicted octanol–water partition coefficient (Wildman–Crippen LogP) is 2.74. The molecule has 2 heterocycles. The fourth-order valence-corrected chi connectivity index (χ4v) is 4.22. The summed E-state index contributed by atoms with van der Waals surface area (Å²) in [6.45, 7) is 2.24. The first-order chi connectivity index (χ1) is 14.8. The third-order valence-electron chi connectivity index (χ3n) is 5.16. The minimum atomic E-state index is -3.82. The Morgan fingerprint density at radius 1 is 1.19 bits per heavy atom. The van der Waals surface area contributed by atoms with Crippen molar-refractivity contribution >= 4 is 10.0 Å². The number of nitrogens with zero attached hydrogens (tertiary/aromatic N) is 4. The minimum Gasteiger partial charge on any atom is -0.292 e. The van der Waals surface area contributed by atoms with Crippen molar-refractivity contribution in [1.82, 2.24) is 19.7 Å². The molecule has 0 bridgehead atoms. The van der Waals surface area contributed by atoms with Crippen LogP contribution in [-0.4, -0.2) is 47.3 Å². The molecule has 2 aromatic rings. The first-order valence-corrected chi connectivity index (χ1v) is 11.5. The zero-order valence-electron chi connectivity index (χ0n) is 16.8. The highest BCUT2D eigenvalue weighted by Crippen LogP contribution is 2.25. The maximum absolute atomic E-state index is 13.8. The average Bonchev–Trinajstić information content (AvgIpc) is 3.09. The molecule has 164 valence electrons. The molecule has 1 aromatic heterocycles. The summed E-state index contributed by atoms with van der Waals surface area (Å²) in [6, 6.07) is 5.95. The van der Waals surface area contributed by atoms with Gasteiger partial charge in [-0.2, -0.15) is 0 Å². The number of nitrogens with two attached hydrogens (primary N) is 1. The number of primary sulfonamides is 1. The van der Waals surface area contributed by atoms with Gasteiger partial charge in [-0.1, -0.05) is 17.7 Å². The first-order valence-electron chi connectivity index (χ1n) is 9.94. The molecule has 1 aromatic carbocycles. The van der Waals surface area contributed by atoms with Gasteiger partial charge in [0.1, 0.15) is 17.8 Å². The number of benzene rings is 1. The largest absolute Gasteiger partial charge is 0.292 e. The van der Waals surface area contributed by atoms with Gasteiger partial charge in [0.15, 0.2) is 5.82 Å². The number of halogens is 2. The quantitative estimate of drug-likeness (QED) is 0.688. The van der Waals surface area contributed by atoms with Crippen LogP contribution in [0.4, 0.5) is 8.78 Å². The van der Waals surface area contributed by atoms with Gasteiger partial charge in [-0.15, -0.1) is 5.10 Å². The van der Waals surface area contributed by atoms with Crippen LogP contribution < -0.4 is 5.14 Å². The molecule has 1 unspecified atom stereocenters. The summed E-state index contributed by atoms with van der Waals surface area (Å²) in [7, 11) is -3.82. The van der Waals surface area contributed by atoms with Crippen LogP contribution in [0.25, 0.3) is 5.69 Å². The van der Waals surface area contributed by atoms with E-state index in [0.717, 1.165) is 25.6 Å². The van der Waals surface area contributed by atoms with E-state index in [2.05, 4.69) is 27.1 Å². The summed E-state index contributed by atoms with van der Waals surface area (Å²) < 4.78 is 52.2. The number of allylic oxidation sites excluding steroid dienone is 4. The van der Waals surface area contributed by atoms with Gasteiger partial charge in [-0.05, 0) is 42.8 Å². The molecule has 7 nitrogen and oxygen atoms in total. The van der Waals surface area contributed by atoms with Crippen LogP contribution in [0.2, 0.25) is 0 Å². The second-order valence-corrected chi connectivity index (χ2v) is 9.20. The van der Waals surface area contributed by atoms with Crippen LogP contribution in [-0.2, 0) is 23.0 Å². The summed E-state index contributed by atoms with van der Waals surface area (Å²) in [6.07, 6.45) is 6.42. The Bertz CT molecular complexity index is 1150. The molecule has 10 heteroatoms. The van der Waals surface area contributed by atoms with Gasteiger partial charge in [-0.25, -0.2) is 32.0 Å². The first kappa shape index (κ1) is 21.5. The molecule has 0 saturated heterocycles. The van der Waals surface area contributed by atoms with Gasteiger partial charge in [0, 0.05) is 25.9 Å². The number of hydrogen-bond acceptors (Lipinski definition) is 5. The Morgan fingerprint density at radius 3 is 2.61 bits per heavy atom. The van der Waals surface area contributed by atoms with Gasteiger partial charge in [0.2, 0.25) is 10.0 Å². The number of sulfonamides is 1. The summed E-state index contributed by atoms with van der Waals surface area (Å²) in [5.74, 6) is 0.516. The van der Waals surface area contributed by atoms with E-state index in [1.54, 1.807) is 16.8 Å². The third kappa shape index (κ3) is 5.33. The number of hydrogen-bond donors (Lipinski definition) is 1. The third-order valence-corrected chi connectivity index (χ3v) is 6.09. The number of rotatable bonds is 6. The number of alkyl halides is 1. The van der Waals surface area contributed by atoms with E-state index in [1.807, 2.05) is 0 Å². The second kappa shape index (κ2) is 8.81. The lowest BCUT2D eigenvalue weighted by atomic mass is 10.00. The van der Waals surface area contributed by atoms with E-state index in [1.165, 1.54) is 18.2 Å². The van der Waals surface area contributed by atoms with Gasteiger partial charge in [0.05, 0.1) is 17.1 Å². The lowest BCUT2D eigenvalue weighted by molar-refractivity contribution is 0.283. The monoisotopic (exact) mass is 447 g/mol. The molecule has 1 atom stereocenters.